The molecule has 0 unspecified atom stereocenters. The molecule has 2 heterocycles. The zero-order valence-corrected chi connectivity index (χ0v) is 18.1. The molecular formula is C23H28N4O4. The zero-order valence-electron chi connectivity index (χ0n) is 18.1. The van der Waals surface area contributed by atoms with Crippen LogP contribution in [-0.4, -0.2) is 48.2 Å². The van der Waals surface area contributed by atoms with Crippen LogP contribution < -0.4 is 19.9 Å². The number of anilines is 4. The Kier molecular flexibility index (Phi) is 5.71. The molecule has 0 spiro atoms. The average molecular weight is 425 g/mol. The minimum atomic E-state index is -1.01. The first-order valence-corrected chi connectivity index (χ1v) is 10.7. The summed E-state index contributed by atoms with van der Waals surface area (Å²) in [7, 11) is 3.29. The van der Waals surface area contributed by atoms with Gasteiger partial charge < -0.3 is 25.0 Å². The highest BCUT2D eigenvalue weighted by Crippen LogP contribution is 2.40. The summed E-state index contributed by atoms with van der Waals surface area (Å²) in [4.78, 5) is 32.9. The summed E-state index contributed by atoms with van der Waals surface area (Å²) >= 11 is 0. The fraction of sp³-hybridized carbons (Fsp3) is 0.435. The Morgan fingerprint density at radius 3 is 2.61 bits per heavy atom. The zero-order chi connectivity index (χ0) is 22.1. The van der Waals surface area contributed by atoms with Crippen molar-refractivity contribution in [2.45, 2.75) is 51.1 Å². The number of hydrogen-bond donors (Lipinski definition) is 2. The quantitative estimate of drug-likeness (QED) is 0.748. The van der Waals surface area contributed by atoms with Crippen molar-refractivity contribution in [1.82, 2.24) is 4.98 Å². The average Bonchev–Trinajstić information content (AvgIpc) is 2.78. The number of pyridine rings is 1. The van der Waals surface area contributed by atoms with Crippen LogP contribution in [0.25, 0.3) is 0 Å². The van der Waals surface area contributed by atoms with Crippen LogP contribution >= 0.6 is 0 Å². The smallest absolute Gasteiger partial charge is 0.335 e. The number of carboxylic acid groups (broad SMARTS) is 1. The van der Waals surface area contributed by atoms with Crippen molar-refractivity contribution in [2.75, 3.05) is 29.3 Å². The third kappa shape index (κ3) is 3.89. The first-order valence-electron chi connectivity index (χ1n) is 10.7. The van der Waals surface area contributed by atoms with Crippen molar-refractivity contribution in [3.05, 3.63) is 35.9 Å². The van der Waals surface area contributed by atoms with Gasteiger partial charge in [0.05, 0.1) is 24.0 Å². The number of amides is 1. The number of benzene rings is 1. The van der Waals surface area contributed by atoms with E-state index in [2.05, 4.69) is 10.2 Å². The van der Waals surface area contributed by atoms with Gasteiger partial charge in [0.1, 0.15) is 17.6 Å². The highest BCUT2D eigenvalue weighted by molar-refractivity contribution is 6.04. The third-order valence-electron chi connectivity index (χ3n) is 6.24. The molecule has 1 aliphatic carbocycles. The Bertz CT molecular complexity index is 1000. The van der Waals surface area contributed by atoms with Gasteiger partial charge in [0.2, 0.25) is 5.91 Å². The summed E-state index contributed by atoms with van der Waals surface area (Å²) in [5.41, 5.74) is 1.57. The summed E-state index contributed by atoms with van der Waals surface area (Å²) in [5, 5.41) is 12.5. The van der Waals surface area contributed by atoms with E-state index in [9.17, 15) is 14.7 Å². The molecule has 0 saturated heterocycles. The van der Waals surface area contributed by atoms with E-state index in [0.717, 1.165) is 37.2 Å². The largest absolute Gasteiger partial charge is 0.495 e. The fourth-order valence-electron chi connectivity index (χ4n) is 4.58. The number of hydrogen-bond acceptors (Lipinski definition) is 6. The van der Waals surface area contributed by atoms with Gasteiger partial charge in [-0.2, -0.15) is 0 Å². The lowest BCUT2D eigenvalue weighted by Crippen LogP contribution is -2.55. The Labute approximate surface area is 181 Å². The molecule has 1 saturated carbocycles. The molecule has 31 heavy (non-hydrogen) atoms. The second-order valence-corrected chi connectivity index (χ2v) is 8.16. The second-order valence-electron chi connectivity index (χ2n) is 8.16. The number of aromatic nitrogens is 1. The number of fused-ring (bicyclic) bond motifs is 1. The summed E-state index contributed by atoms with van der Waals surface area (Å²) in [5.74, 6) is 0.890. The number of carbonyl (C=O) groups excluding carboxylic acids is 1. The lowest BCUT2D eigenvalue weighted by Gasteiger charge is -2.44. The molecule has 164 valence electrons. The van der Waals surface area contributed by atoms with Crippen LogP contribution in [0.3, 0.4) is 0 Å². The lowest BCUT2D eigenvalue weighted by atomic mass is 9.92. The van der Waals surface area contributed by atoms with E-state index < -0.39 is 5.97 Å². The van der Waals surface area contributed by atoms with Crippen molar-refractivity contribution in [2.24, 2.45) is 0 Å². The summed E-state index contributed by atoms with van der Waals surface area (Å²) in [6, 6.07) is 8.42. The predicted molar refractivity (Wildman–Crippen MR) is 120 cm³/mol. The topological polar surface area (TPSA) is 95.0 Å². The van der Waals surface area contributed by atoms with Crippen molar-refractivity contribution in [3.63, 3.8) is 0 Å². The molecule has 1 atom stereocenters. The van der Waals surface area contributed by atoms with Crippen molar-refractivity contribution >= 4 is 34.9 Å². The number of rotatable bonds is 5. The lowest BCUT2D eigenvalue weighted by molar-refractivity contribution is -0.119. The molecular weight excluding hydrogens is 396 g/mol. The van der Waals surface area contributed by atoms with Gasteiger partial charge in [0.25, 0.3) is 0 Å². The highest BCUT2D eigenvalue weighted by atomic mass is 16.5. The number of likely N-dealkylation sites (N-methyl/N-ethyl adjacent to an activating group) is 1. The van der Waals surface area contributed by atoms with Gasteiger partial charge in [-0.05, 0) is 50.1 Å². The molecule has 8 heteroatoms. The SMILES string of the molecule is COc1cc(C(=O)O)ccc1Nc1ccc2c(n1)N(C1CCCCC1)[C@H](C)C(=O)N2C. The van der Waals surface area contributed by atoms with Crippen LogP contribution in [0.5, 0.6) is 5.75 Å². The van der Waals surface area contributed by atoms with Gasteiger partial charge in [-0.25, -0.2) is 9.78 Å². The summed E-state index contributed by atoms with van der Waals surface area (Å²) in [6.07, 6.45) is 5.69. The van der Waals surface area contributed by atoms with Crippen LogP contribution in [-0.2, 0) is 4.79 Å². The van der Waals surface area contributed by atoms with Crippen LogP contribution in [0, 0.1) is 0 Å². The van der Waals surface area contributed by atoms with Crippen molar-refractivity contribution in [1.29, 1.82) is 0 Å². The molecule has 0 radical (unpaired) electrons. The van der Waals surface area contributed by atoms with E-state index in [1.54, 1.807) is 18.0 Å². The maximum absolute atomic E-state index is 12.9. The van der Waals surface area contributed by atoms with Gasteiger partial charge in [-0.3, -0.25) is 4.79 Å². The van der Waals surface area contributed by atoms with E-state index in [4.69, 9.17) is 9.72 Å². The number of carboxylic acids is 1. The first-order chi connectivity index (χ1) is 14.9. The minimum absolute atomic E-state index is 0.0755. The summed E-state index contributed by atoms with van der Waals surface area (Å²) < 4.78 is 5.37. The molecule has 1 aromatic heterocycles. The van der Waals surface area contributed by atoms with E-state index >= 15 is 0 Å². The highest BCUT2D eigenvalue weighted by Gasteiger charge is 2.38. The Morgan fingerprint density at radius 2 is 1.94 bits per heavy atom. The number of carbonyl (C=O) groups is 2. The monoisotopic (exact) mass is 424 g/mol. The third-order valence-corrected chi connectivity index (χ3v) is 6.24. The Morgan fingerprint density at radius 1 is 1.19 bits per heavy atom. The van der Waals surface area contributed by atoms with Gasteiger partial charge in [0.15, 0.2) is 5.82 Å². The van der Waals surface area contributed by atoms with Crippen molar-refractivity contribution < 1.29 is 19.4 Å². The standard InChI is InChI=1S/C23H28N4O4/c1-14-22(28)26(2)18-11-12-20(25-21(18)27(14)16-7-5-4-6-8-16)24-17-10-9-15(23(29)30)13-19(17)31-3/h9-14,16H,4-8H2,1-3H3,(H,24,25)(H,29,30)/t14-/m1/s1. The molecule has 1 aromatic carbocycles. The van der Waals surface area contributed by atoms with E-state index in [-0.39, 0.29) is 17.5 Å². The maximum atomic E-state index is 12.9. The molecule has 2 N–H and O–H groups in total. The normalized spacial score (nSPS) is 19.2. The van der Waals surface area contributed by atoms with Crippen LogP contribution in [0.4, 0.5) is 23.0 Å². The number of nitrogens with one attached hydrogen (secondary N) is 1. The van der Waals surface area contributed by atoms with Gasteiger partial charge >= 0.3 is 5.97 Å². The molecule has 8 nitrogen and oxygen atoms in total. The predicted octanol–water partition coefficient (Wildman–Crippen LogP) is 4.04. The second kappa shape index (κ2) is 8.45. The van der Waals surface area contributed by atoms with E-state index in [1.165, 1.54) is 25.7 Å². The van der Waals surface area contributed by atoms with Gasteiger partial charge in [-0.15, -0.1) is 0 Å². The minimum Gasteiger partial charge on any atom is -0.495 e. The number of ether oxygens (including phenoxy) is 1. The van der Waals surface area contributed by atoms with Crippen LogP contribution in [0.2, 0.25) is 0 Å². The first kappa shape index (κ1) is 21.0. The number of aromatic carboxylic acids is 1. The van der Waals surface area contributed by atoms with Gasteiger partial charge in [0, 0.05) is 13.1 Å². The number of methoxy groups -OCH3 is 1. The van der Waals surface area contributed by atoms with Crippen LogP contribution in [0.1, 0.15) is 49.4 Å². The summed E-state index contributed by atoms with van der Waals surface area (Å²) in [6.45, 7) is 1.95. The van der Waals surface area contributed by atoms with E-state index in [0.29, 0.717) is 23.3 Å². The Hall–Kier alpha value is -3.29. The molecule has 4 rings (SSSR count). The van der Waals surface area contributed by atoms with Crippen LogP contribution in [0.15, 0.2) is 30.3 Å². The molecule has 1 amide bonds. The molecule has 1 fully saturated rings. The maximum Gasteiger partial charge on any atom is 0.335 e. The molecule has 1 aliphatic heterocycles. The molecule has 2 aliphatic rings. The Balaban J connectivity index is 1.70. The molecule has 2 aromatic rings. The number of nitrogens with zero attached hydrogens (tertiary/aromatic N) is 3. The van der Waals surface area contributed by atoms with Crippen molar-refractivity contribution in [3.8, 4) is 5.75 Å². The molecule has 0 bridgehead atoms. The van der Waals surface area contributed by atoms with Gasteiger partial charge in [-0.1, -0.05) is 19.3 Å². The fourth-order valence-corrected chi connectivity index (χ4v) is 4.58. The van der Waals surface area contributed by atoms with E-state index in [1.807, 2.05) is 19.1 Å².